The van der Waals surface area contributed by atoms with E-state index < -0.39 is 0 Å². The van der Waals surface area contributed by atoms with Crippen LogP contribution < -0.4 is 10.1 Å². The second kappa shape index (κ2) is 7.27. The third-order valence-corrected chi connectivity index (χ3v) is 3.71. The second-order valence-electron chi connectivity index (χ2n) is 5.36. The zero-order valence-electron chi connectivity index (χ0n) is 11.6. The Kier molecular flexibility index (Phi) is 5.67. The number of hydrogen-bond acceptors (Lipinski definition) is 3. The lowest BCUT2D eigenvalue weighted by molar-refractivity contribution is 0.140. The molecule has 19 heavy (non-hydrogen) atoms. The summed E-state index contributed by atoms with van der Waals surface area (Å²) in [6, 6.07) is 6.19. The van der Waals surface area contributed by atoms with Gasteiger partial charge in [-0.3, -0.25) is 0 Å². The fraction of sp³-hybridized carbons (Fsp3) is 0.600. The third kappa shape index (κ3) is 4.48. The van der Waals surface area contributed by atoms with E-state index in [0.29, 0.717) is 12.5 Å². The molecule has 1 aromatic carbocycles. The molecule has 1 aliphatic heterocycles. The van der Waals surface area contributed by atoms with Gasteiger partial charge in [0.25, 0.3) is 0 Å². The molecule has 1 saturated heterocycles. The van der Waals surface area contributed by atoms with Crippen LogP contribution >= 0.6 is 15.9 Å². The Hall–Kier alpha value is -0.580. The number of halogens is 1. The largest absolute Gasteiger partial charge is 0.486 e. The van der Waals surface area contributed by atoms with Gasteiger partial charge in [0.15, 0.2) is 0 Å². The fourth-order valence-corrected chi connectivity index (χ4v) is 2.59. The molecule has 2 rings (SSSR count). The smallest absolute Gasteiger partial charge is 0.138 e. The van der Waals surface area contributed by atoms with Crippen molar-refractivity contribution >= 4 is 15.9 Å². The lowest BCUT2D eigenvalue weighted by Gasteiger charge is -2.18. The zero-order chi connectivity index (χ0) is 13.7. The molecule has 1 heterocycles. The Morgan fingerprint density at radius 2 is 2.32 bits per heavy atom. The van der Waals surface area contributed by atoms with Gasteiger partial charge < -0.3 is 14.8 Å². The van der Waals surface area contributed by atoms with Crippen LogP contribution in [0.3, 0.4) is 0 Å². The molecule has 0 radical (unpaired) electrons. The minimum atomic E-state index is 0.183. The van der Waals surface area contributed by atoms with Gasteiger partial charge in [0, 0.05) is 18.5 Å². The quantitative estimate of drug-likeness (QED) is 0.869. The SMILES string of the molecule is CC(C)CNCc1cccc(Br)c1OC1CCOC1. The average molecular weight is 328 g/mol. The van der Waals surface area contributed by atoms with Crippen LogP contribution in [-0.4, -0.2) is 25.9 Å². The Morgan fingerprint density at radius 1 is 1.47 bits per heavy atom. The summed E-state index contributed by atoms with van der Waals surface area (Å²) in [6.45, 7) is 7.76. The molecule has 1 aromatic rings. The van der Waals surface area contributed by atoms with Crippen molar-refractivity contribution in [1.82, 2.24) is 5.32 Å². The lowest BCUT2D eigenvalue weighted by Crippen LogP contribution is -2.21. The number of para-hydroxylation sites is 1. The summed E-state index contributed by atoms with van der Waals surface area (Å²) >= 11 is 3.58. The average Bonchev–Trinajstić information content (AvgIpc) is 2.85. The van der Waals surface area contributed by atoms with Crippen LogP contribution in [0.2, 0.25) is 0 Å². The van der Waals surface area contributed by atoms with E-state index in [9.17, 15) is 0 Å². The highest BCUT2D eigenvalue weighted by Gasteiger charge is 2.19. The van der Waals surface area contributed by atoms with Gasteiger partial charge >= 0.3 is 0 Å². The van der Waals surface area contributed by atoms with Crippen LogP contribution in [0.25, 0.3) is 0 Å². The van der Waals surface area contributed by atoms with Crippen LogP contribution in [0, 0.1) is 5.92 Å². The first kappa shape index (κ1) is 14.8. The standard InChI is InChI=1S/C15H22BrNO2/c1-11(2)8-17-9-12-4-3-5-14(16)15(12)19-13-6-7-18-10-13/h3-5,11,13,17H,6-10H2,1-2H3. The normalized spacial score (nSPS) is 19.1. The summed E-state index contributed by atoms with van der Waals surface area (Å²) in [4.78, 5) is 0. The molecule has 1 fully saturated rings. The highest BCUT2D eigenvalue weighted by molar-refractivity contribution is 9.10. The number of nitrogens with one attached hydrogen (secondary N) is 1. The summed E-state index contributed by atoms with van der Waals surface area (Å²) in [5.41, 5.74) is 1.20. The second-order valence-corrected chi connectivity index (χ2v) is 6.21. The highest BCUT2D eigenvalue weighted by Crippen LogP contribution is 2.31. The molecular weight excluding hydrogens is 306 g/mol. The van der Waals surface area contributed by atoms with E-state index in [-0.39, 0.29) is 6.10 Å². The third-order valence-electron chi connectivity index (χ3n) is 3.09. The van der Waals surface area contributed by atoms with E-state index >= 15 is 0 Å². The van der Waals surface area contributed by atoms with E-state index in [1.54, 1.807) is 0 Å². The van der Waals surface area contributed by atoms with Crippen molar-refractivity contribution in [2.75, 3.05) is 19.8 Å². The molecule has 4 heteroatoms. The molecule has 3 nitrogen and oxygen atoms in total. The van der Waals surface area contributed by atoms with Gasteiger partial charge in [-0.1, -0.05) is 26.0 Å². The number of benzene rings is 1. The maximum absolute atomic E-state index is 6.08. The summed E-state index contributed by atoms with van der Waals surface area (Å²) in [5.74, 6) is 1.61. The van der Waals surface area contributed by atoms with E-state index in [2.05, 4.69) is 47.2 Å². The first-order valence-electron chi connectivity index (χ1n) is 6.89. The van der Waals surface area contributed by atoms with Gasteiger partial charge in [0.05, 0.1) is 17.7 Å². The van der Waals surface area contributed by atoms with E-state index in [1.807, 2.05) is 6.07 Å². The Labute approximate surface area is 123 Å². The van der Waals surface area contributed by atoms with Gasteiger partial charge in [-0.15, -0.1) is 0 Å². The van der Waals surface area contributed by atoms with E-state index in [0.717, 1.165) is 36.3 Å². The lowest BCUT2D eigenvalue weighted by atomic mass is 10.1. The van der Waals surface area contributed by atoms with Crippen molar-refractivity contribution in [3.05, 3.63) is 28.2 Å². The molecule has 0 saturated carbocycles. The predicted molar refractivity (Wildman–Crippen MR) is 80.5 cm³/mol. The van der Waals surface area contributed by atoms with E-state index in [1.165, 1.54) is 5.56 Å². The molecule has 0 aliphatic carbocycles. The monoisotopic (exact) mass is 327 g/mol. The minimum absolute atomic E-state index is 0.183. The summed E-state index contributed by atoms with van der Waals surface area (Å²) < 4.78 is 12.5. The highest BCUT2D eigenvalue weighted by atomic mass is 79.9. The van der Waals surface area contributed by atoms with Crippen LogP contribution in [0.4, 0.5) is 0 Å². The van der Waals surface area contributed by atoms with Crippen molar-refractivity contribution in [2.24, 2.45) is 5.92 Å². The molecular formula is C15H22BrNO2. The number of rotatable bonds is 6. The van der Waals surface area contributed by atoms with Crippen molar-refractivity contribution < 1.29 is 9.47 Å². The van der Waals surface area contributed by atoms with Crippen LogP contribution in [0.1, 0.15) is 25.8 Å². The van der Waals surface area contributed by atoms with Crippen LogP contribution in [0.15, 0.2) is 22.7 Å². The minimum Gasteiger partial charge on any atom is -0.486 e. The maximum Gasteiger partial charge on any atom is 0.138 e. The molecule has 1 N–H and O–H groups in total. The van der Waals surface area contributed by atoms with Gasteiger partial charge in [-0.2, -0.15) is 0 Å². The molecule has 0 aromatic heterocycles. The predicted octanol–water partition coefficient (Wildman–Crippen LogP) is 3.36. The maximum atomic E-state index is 6.08. The van der Waals surface area contributed by atoms with Crippen molar-refractivity contribution in [3.63, 3.8) is 0 Å². The van der Waals surface area contributed by atoms with Crippen molar-refractivity contribution in [1.29, 1.82) is 0 Å². The van der Waals surface area contributed by atoms with Gasteiger partial charge in [-0.25, -0.2) is 0 Å². The first-order chi connectivity index (χ1) is 9.16. The molecule has 106 valence electrons. The molecule has 1 atom stereocenters. The number of hydrogen-bond donors (Lipinski definition) is 1. The molecule has 1 unspecified atom stereocenters. The molecule has 0 bridgehead atoms. The summed E-state index contributed by atoms with van der Waals surface area (Å²) in [6.07, 6.45) is 1.16. The molecule has 0 amide bonds. The van der Waals surface area contributed by atoms with E-state index in [4.69, 9.17) is 9.47 Å². The first-order valence-corrected chi connectivity index (χ1v) is 7.68. The fourth-order valence-electron chi connectivity index (χ4n) is 2.09. The topological polar surface area (TPSA) is 30.5 Å². The van der Waals surface area contributed by atoms with Gasteiger partial charge in [0.2, 0.25) is 0 Å². The number of ether oxygens (including phenoxy) is 2. The Bertz CT molecular complexity index is 403. The Morgan fingerprint density at radius 3 is 3.00 bits per heavy atom. The van der Waals surface area contributed by atoms with Crippen molar-refractivity contribution in [3.8, 4) is 5.75 Å². The Balaban J connectivity index is 2.02. The van der Waals surface area contributed by atoms with Crippen LogP contribution in [0.5, 0.6) is 5.75 Å². The zero-order valence-corrected chi connectivity index (χ0v) is 13.2. The van der Waals surface area contributed by atoms with Crippen molar-refractivity contribution in [2.45, 2.75) is 32.9 Å². The molecule has 1 aliphatic rings. The summed E-state index contributed by atoms with van der Waals surface area (Å²) in [5, 5.41) is 3.46. The van der Waals surface area contributed by atoms with Gasteiger partial charge in [-0.05, 0) is 34.5 Å². The van der Waals surface area contributed by atoms with Gasteiger partial charge in [0.1, 0.15) is 11.9 Å². The summed E-state index contributed by atoms with van der Waals surface area (Å²) in [7, 11) is 0. The molecule has 0 spiro atoms. The van der Waals surface area contributed by atoms with Crippen LogP contribution in [-0.2, 0) is 11.3 Å².